The minimum absolute atomic E-state index is 0.303. The summed E-state index contributed by atoms with van der Waals surface area (Å²) >= 11 is 3.68. The molecule has 0 aromatic carbocycles. The third kappa shape index (κ3) is 2.98. The molecule has 0 radical (unpaired) electrons. The van der Waals surface area contributed by atoms with Crippen LogP contribution in [0.3, 0.4) is 0 Å². The second-order valence-electron chi connectivity index (χ2n) is 5.76. The zero-order valence-corrected chi connectivity index (χ0v) is 13.6. The summed E-state index contributed by atoms with van der Waals surface area (Å²) in [6.07, 6.45) is 8.56. The molecule has 20 heavy (non-hydrogen) atoms. The molecule has 1 saturated heterocycles. The number of anilines is 1. The van der Waals surface area contributed by atoms with Crippen LogP contribution in [0.15, 0.2) is 4.47 Å². The van der Waals surface area contributed by atoms with Crippen LogP contribution in [-0.2, 0) is 11.2 Å². The van der Waals surface area contributed by atoms with Crippen molar-refractivity contribution >= 4 is 21.7 Å². The van der Waals surface area contributed by atoms with Crippen molar-refractivity contribution in [2.24, 2.45) is 0 Å². The Morgan fingerprint density at radius 2 is 2.00 bits per heavy atom. The number of nitrogens with one attached hydrogen (secondary N) is 1. The van der Waals surface area contributed by atoms with Gasteiger partial charge >= 0.3 is 0 Å². The molecule has 1 atom stereocenters. The Morgan fingerprint density at radius 1 is 1.20 bits per heavy atom. The van der Waals surface area contributed by atoms with E-state index in [1.807, 2.05) is 7.05 Å². The van der Waals surface area contributed by atoms with Gasteiger partial charge in [0.25, 0.3) is 0 Å². The molecule has 0 amide bonds. The minimum atomic E-state index is 0.303. The average molecular weight is 340 g/mol. The van der Waals surface area contributed by atoms with Gasteiger partial charge in [-0.3, -0.25) is 0 Å². The largest absolute Gasteiger partial charge is 0.378 e. The summed E-state index contributed by atoms with van der Waals surface area (Å²) in [5.74, 6) is 2.42. The van der Waals surface area contributed by atoms with Gasteiger partial charge in [0.1, 0.15) is 11.6 Å². The monoisotopic (exact) mass is 339 g/mol. The third-order valence-corrected chi connectivity index (χ3v) is 5.12. The van der Waals surface area contributed by atoms with E-state index in [2.05, 4.69) is 26.2 Å². The van der Waals surface area contributed by atoms with E-state index >= 15 is 0 Å². The van der Waals surface area contributed by atoms with E-state index in [1.165, 1.54) is 31.4 Å². The summed E-state index contributed by atoms with van der Waals surface area (Å²) in [5.41, 5.74) is 1.19. The average Bonchev–Trinajstić information content (AvgIpc) is 3.13. The molecule has 4 nitrogen and oxygen atoms in total. The minimum Gasteiger partial charge on any atom is -0.378 e. The van der Waals surface area contributed by atoms with Crippen molar-refractivity contribution in [1.82, 2.24) is 9.97 Å². The second-order valence-corrected chi connectivity index (χ2v) is 6.55. The molecule has 110 valence electrons. The highest BCUT2D eigenvalue weighted by Crippen LogP contribution is 2.38. The zero-order chi connectivity index (χ0) is 13.9. The van der Waals surface area contributed by atoms with Gasteiger partial charge in [0, 0.05) is 26.0 Å². The van der Waals surface area contributed by atoms with Crippen molar-refractivity contribution in [1.29, 1.82) is 0 Å². The Hall–Kier alpha value is -0.680. The second kappa shape index (κ2) is 6.39. The summed E-state index contributed by atoms with van der Waals surface area (Å²) in [4.78, 5) is 9.49. The lowest BCUT2D eigenvalue weighted by Gasteiger charge is -2.16. The van der Waals surface area contributed by atoms with Gasteiger partial charge in [-0.05, 0) is 41.6 Å². The lowest BCUT2D eigenvalue weighted by Crippen LogP contribution is -2.15. The smallest absolute Gasteiger partial charge is 0.144 e. The maximum atomic E-state index is 5.71. The summed E-state index contributed by atoms with van der Waals surface area (Å²) < 4.78 is 6.76. The van der Waals surface area contributed by atoms with Crippen LogP contribution in [0.2, 0.25) is 0 Å². The fraction of sp³-hybridized carbons (Fsp3) is 0.733. The van der Waals surface area contributed by atoms with Crippen LogP contribution < -0.4 is 5.32 Å². The molecular formula is C15H22BrN3O. The van der Waals surface area contributed by atoms with E-state index in [9.17, 15) is 0 Å². The summed E-state index contributed by atoms with van der Waals surface area (Å²) in [6, 6.07) is 0. The lowest BCUT2D eigenvalue weighted by atomic mass is 10.0. The molecule has 0 bridgehead atoms. The molecule has 2 fully saturated rings. The van der Waals surface area contributed by atoms with Crippen LogP contribution in [0.25, 0.3) is 0 Å². The Labute approximate surface area is 128 Å². The first-order valence-electron chi connectivity index (χ1n) is 7.63. The first-order valence-corrected chi connectivity index (χ1v) is 8.43. The molecule has 2 heterocycles. The standard InChI is InChI=1S/C15H22BrN3O/c1-17-15-13(16)14(10-5-2-3-6-10)18-12(19-15)9-11-7-4-8-20-11/h10-11H,2-9H2,1H3,(H,17,18,19). The first kappa shape index (κ1) is 14.3. The maximum Gasteiger partial charge on any atom is 0.144 e. The number of halogens is 1. The van der Waals surface area contributed by atoms with Gasteiger partial charge < -0.3 is 10.1 Å². The molecular weight excluding hydrogens is 318 g/mol. The van der Waals surface area contributed by atoms with Gasteiger partial charge in [0.2, 0.25) is 0 Å². The Kier molecular flexibility index (Phi) is 4.56. The van der Waals surface area contributed by atoms with Crippen LogP contribution in [0.5, 0.6) is 0 Å². The molecule has 0 spiro atoms. The molecule has 1 aromatic rings. The van der Waals surface area contributed by atoms with Gasteiger partial charge in [-0.25, -0.2) is 9.97 Å². The first-order chi connectivity index (χ1) is 9.78. The molecule has 1 aliphatic heterocycles. The van der Waals surface area contributed by atoms with Crippen LogP contribution in [-0.4, -0.2) is 29.7 Å². The van der Waals surface area contributed by atoms with Crippen molar-refractivity contribution in [2.75, 3.05) is 19.0 Å². The fourth-order valence-electron chi connectivity index (χ4n) is 3.25. The van der Waals surface area contributed by atoms with Gasteiger partial charge in [-0.15, -0.1) is 0 Å². The van der Waals surface area contributed by atoms with Gasteiger partial charge in [-0.1, -0.05) is 12.8 Å². The van der Waals surface area contributed by atoms with Gasteiger partial charge in [-0.2, -0.15) is 0 Å². The predicted octanol–water partition coefficient (Wildman–Crippen LogP) is 3.66. The van der Waals surface area contributed by atoms with Crippen LogP contribution in [0.1, 0.15) is 56.0 Å². The number of aromatic nitrogens is 2. The molecule has 1 aliphatic carbocycles. The molecule has 1 aromatic heterocycles. The van der Waals surface area contributed by atoms with Crippen molar-refractivity contribution in [3.8, 4) is 0 Å². The summed E-state index contributed by atoms with van der Waals surface area (Å²) in [6.45, 7) is 0.884. The topological polar surface area (TPSA) is 47.0 Å². The van der Waals surface area contributed by atoms with Crippen LogP contribution >= 0.6 is 15.9 Å². The molecule has 1 N–H and O–H groups in total. The molecule has 3 rings (SSSR count). The molecule has 1 saturated carbocycles. The highest BCUT2D eigenvalue weighted by Gasteiger charge is 2.25. The zero-order valence-electron chi connectivity index (χ0n) is 12.0. The maximum absolute atomic E-state index is 5.71. The van der Waals surface area contributed by atoms with Crippen molar-refractivity contribution < 1.29 is 4.74 Å². The molecule has 2 aliphatic rings. The third-order valence-electron chi connectivity index (χ3n) is 4.34. The SMILES string of the molecule is CNc1nc(CC2CCCO2)nc(C2CCCC2)c1Br. The number of hydrogen-bond acceptors (Lipinski definition) is 4. The number of rotatable bonds is 4. The van der Waals surface area contributed by atoms with E-state index in [0.717, 1.165) is 42.0 Å². The van der Waals surface area contributed by atoms with Gasteiger partial charge in [0.15, 0.2) is 0 Å². The van der Waals surface area contributed by atoms with Crippen molar-refractivity contribution in [3.05, 3.63) is 16.0 Å². The van der Waals surface area contributed by atoms with E-state index < -0.39 is 0 Å². The summed E-state index contributed by atoms with van der Waals surface area (Å²) in [5, 5.41) is 3.19. The molecule has 5 heteroatoms. The van der Waals surface area contributed by atoms with E-state index in [0.29, 0.717) is 12.0 Å². The highest BCUT2D eigenvalue weighted by atomic mass is 79.9. The highest BCUT2D eigenvalue weighted by molar-refractivity contribution is 9.10. The van der Waals surface area contributed by atoms with Crippen LogP contribution in [0, 0.1) is 0 Å². The fourth-order valence-corrected chi connectivity index (χ4v) is 3.95. The summed E-state index contributed by atoms with van der Waals surface area (Å²) in [7, 11) is 1.92. The predicted molar refractivity (Wildman–Crippen MR) is 83.2 cm³/mol. The Balaban J connectivity index is 1.87. The van der Waals surface area contributed by atoms with Crippen molar-refractivity contribution in [3.63, 3.8) is 0 Å². The van der Waals surface area contributed by atoms with Crippen LogP contribution in [0.4, 0.5) is 5.82 Å². The Morgan fingerprint density at radius 3 is 2.65 bits per heavy atom. The van der Waals surface area contributed by atoms with E-state index in [-0.39, 0.29) is 0 Å². The number of hydrogen-bond donors (Lipinski definition) is 1. The normalized spacial score (nSPS) is 23.4. The molecule has 1 unspecified atom stereocenters. The number of ether oxygens (including phenoxy) is 1. The van der Waals surface area contributed by atoms with E-state index in [4.69, 9.17) is 9.72 Å². The lowest BCUT2D eigenvalue weighted by molar-refractivity contribution is 0.110. The quantitative estimate of drug-likeness (QED) is 0.909. The van der Waals surface area contributed by atoms with E-state index in [1.54, 1.807) is 0 Å². The Bertz CT molecular complexity index is 468. The van der Waals surface area contributed by atoms with Crippen molar-refractivity contribution in [2.45, 2.75) is 57.0 Å². The van der Waals surface area contributed by atoms with Gasteiger partial charge in [0.05, 0.1) is 16.3 Å². The number of nitrogens with zero attached hydrogens (tertiary/aromatic N) is 2.